The Hall–Kier alpha value is -1.83. The molecule has 0 aliphatic heterocycles. The van der Waals surface area contributed by atoms with Gasteiger partial charge in [-0.15, -0.1) is 0 Å². The summed E-state index contributed by atoms with van der Waals surface area (Å²) in [5.41, 5.74) is 2.48. The highest BCUT2D eigenvalue weighted by Gasteiger charge is 2.06. The summed E-state index contributed by atoms with van der Waals surface area (Å²) in [6.07, 6.45) is 1.91. The van der Waals surface area contributed by atoms with E-state index in [4.69, 9.17) is 4.42 Å². The molecular formula is C17H21NO. The third-order valence-corrected chi connectivity index (χ3v) is 3.22. The van der Waals surface area contributed by atoms with Crippen LogP contribution in [0.2, 0.25) is 0 Å². The van der Waals surface area contributed by atoms with E-state index in [9.17, 15) is 0 Å². The second-order valence-corrected chi connectivity index (χ2v) is 5.22. The molecule has 2 nitrogen and oxygen atoms in total. The van der Waals surface area contributed by atoms with Crippen LogP contribution in [0, 0.1) is 6.92 Å². The Morgan fingerprint density at radius 2 is 1.68 bits per heavy atom. The van der Waals surface area contributed by atoms with Gasteiger partial charge >= 0.3 is 0 Å². The molecule has 1 heterocycles. The predicted octanol–water partition coefficient (Wildman–Crippen LogP) is 4.89. The minimum absolute atomic E-state index is 0.0541. The van der Waals surface area contributed by atoms with Crippen molar-refractivity contribution in [2.45, 2.75) is 39.7 Å². The average Bonchev–Trinajstić information content (AvgIpc) is 2.83. The van der Waals surface area contributed by atoms with Gasteiger partial charge in [0, 0.05) is 6.21 Å². The zero-order chi connectivity index (χ0) is 13.8. The fraction of sp³-hybridized carbons (Fsp3) is 0.353. The Bertz CT molecular complexity index is 549. The summed E-state index contributed by atoms with van der Waals surface area (Å²) in [5, 5.41) is 0. The van der Waals surface area contributed by atoms with E-state index in [1.165, 1.54) is 5.56 Å². The maximum atomic E-state index is 5.57. The molecular weight excluding hydrogens is 234 g/mol. The molecule has 0 aliphatic carbocycles. The first-order valence-corrected chi connectivity index (χ1v) is 6.75. The van der Waals surface area contributed by atoms with Crippen molar-refractivity contribution in [1.82, 2.24) is 0 Å². The van der Waals surface area contributed by atoms with Gasteiger partial charge in [0.05, 0.1) is 0 Å². The lowest BCUT2D eigenvalue weighted by Gasteiger charge is -2.05. The molecule has 0 unspecified atom stereocenters. The maximum absolute atomic E-state index is 5.57. The monoisotopic (exact) mass is 255 g/mol. The molecule has 0 saturated heterocycles. The molecule has 0 bridgehead atoms. The van der Waals surface area contributed by atoms with E-state index in [1.54, 1.807) is 0 Å². The average molecular weight is 255 g/mol. The van der Waals surface area contributed by atoms with Gasteiger partial charge in [-0.25, -0.2) is 0 Å². The van der Waals surface area contributed by atoms with Gasteiger partial charge in [0.2, 0.25) is 0 Å². The van der Waals surface area contributed by atoms with Crippen molar-refractivity contribution < 1.29 is 4.42 Å². The van der Waals surface area contributed by atoms with Crippen LogP contribution >= 0.6 is 0 Å². The standard InChI is InChI=1S/C17H21NO/c1-12(2)16-8-6-15(7-9-16)11-18-14(4)17-10-5-13(3)19-17/h5-12,14H,1-4H3/t14-/m1/s1. The molecule has 0 N–H and O–H groups in total. The smallest absolute Gasteiger partial charge is 0.128 e. The maximum Gasteiger partial charge on any atom is 0.128 e. The molecule has 0 amide bonds. The summed E-state index contributed by atoms with van der Waals surface area (Å²) >= 11 is 0. The molecule has 2 heteroatoms. The molecule has 1 aromatic carbocycles. The van der Waals surface area contributed by atoms with Crippen LogP contribution in [0.5, 0.6) is 0 Å². The van der Waals surface area contributed by atoms with Gasteiger partial charge in [-0.3, -0.25) is 4.99 Å². The van der Waals surface area contributed by atoms with Crippen LogP contribution in [0.15, 0.2) is 45.8 Å². The van der Waals surface area contributed by atoms with Gasteiger partial charge in [0.1, 0.15) is 17.6 Å². The summed E-state index contributed by atoms with van der Waals surface area (Å²) in [5.74, 6) is 2.40. The van der Waals surface area contributed by atoms with Gasteiger partial charge in [-0.05, 0) is 43.0 Å². The molecule has 0 spiro atoms. The van der Waals surface area contributed by atoms with E-state index in [0.29, 0.717) is 5.92 Å². The van der Waals surface area contributed by atoms with Gasteiger partial charge in [0.25, 0.3) is 0 Å². The van der Waals surface area contributed by atoms with Gasteiger partial charge < -0.3 is 4.42 Å². The van der Waals surface area contributed by atoms with Crippen molar-refractivity contribution in [3.05, 3.63) is 59.0 Å². The lowest BCUT2D eigenvalue weighted by molar-refractivity contribution is 0.459. The van der Waals surface area contributed by atoms with Crippen LogP contribution in [0.1, 0.15) is 55.4 Å². The SMILES string of the molecule is Cc1ccc([C@@H](C)N=Cc2ccc(C(C)C)cc2)o1. The van der Waals surface area contributed by atoms with Gasteiger partial charge in [0.15, 0.2) is 0 Å². The number of aryl methyl sites for hydroxylation is 1. The summed E-state index contributed by atoms with van der Waals surface area (Å²) in [4.78, 5) is 4.53. The first kappa shape index (κ1) is 13.6. The number of benzene rings is 1. The van der Waals surface area contributed by atoms with E-state index in [0.717, 1.165) is 17.1 Å². The van der Waals surface area contributed by atoms with Crippen molar-refractivity contribution in [3.8, 4) is 0 Å². The number of furan rings is 1. The third kappa shape index (κ3) is 3.57. The zero-order valence-electron chi connectivity index (χ0n) is 12.1. The highest BCUT2D eigenvalue weighted by Crippen LogP contribution is 2.19. The summed E-state index contributed by atoms with van der Waals surface area (Å²) in [7, 11) is 0. The molecule has 2 rings (SSSR count). The zero-order valence-corrected chi connectivity index (χ0v) is 12.1. The summed E-state index contributed by atoms with van der Waals surface area (Å²) in [6.45, 7) is 8.39. The van der Waals surface area contributed by atoms with Crippen molar-refractivity contribution in [3.63, 3.8) is 0 Å². The minimum Gasteiger partial charge on any atom is -0.464 e. The number of aliphatic imine (C=N–C) groups is 1. The quantitative estimate of drug-likeness (QED) is 0.714. The number of rotatable bonds is 4. The van der Waals surface area contributed by atoms with Crippen molar-refractivity contribution >= 4 is 6.21 Å². The Kier molecular flexibility index (Phi) is 4.20. The highest BCUT2D eigenvalue weighted by molar-refractivity contribution is 5.79. The van der Waals surface area contributed by atoms with Crippen LogP contribution < -0.4 is 0 Å². The Balaban J connectivity index is 2.05. The molecule has 2 aromatic rings. The second kappa shape index (κ2) is 5.87. The Morgan fingerprint density at radius 3 is 2.21 bits per heavy atom. The van der Waals surface area contributed by atoms with E-state index >= 15 is 0 Å². The number of hydrogen-bond acceptors (Lipinski definition) is 2. The lowest BCUT2D eigenvalue weighted by Crippen LogP contribution is -1.91. The highest BCUT2D eigenvalue weighted by atomic mass is 16.3. The van der Waals surface area contributed by atoms with E-state index < -0.39 is 0 Å². The topological polar surface area (TPSA) is 25.5 Å². The van der Waals surface area contributed by atoms with Crippen molar-refractivity contribution in [1.29, 1.82) is 0 Å². The first-order chi connectivity index (χ1) is 9.06. The first-order valence-electron chi connectivity index (χ1n) is 6.75. The molecule has 100 valence electrons. The summed E-state index contributed by atoms with van der Waals surface area (Å²) < 4.78 is 5.57. The molecule has 1 atom stereocenters. The minimum atomic E-state index is 0.0541. The normalized spacial score (nSPS) is 13.3. The molecule has 0 saturated carbocycles. The van der Waals surface area contributed by atoms with Gasteiger partial charge in [-0.1, -0.05) is 38.1 Å². The fourth-order valence-corrected chi connectivity index (χ4v) is 1.92. The molecule has 0 radical (unpaired) electrons. The fourth-order valence-electron chi connectivity index (χ4n) is 1.92. The van der Waals surface area contributed by atoms with Crippen LogP contribution in [-0.4, -0.2) is 6.21 Å². The van der Waals surface area contributed by atoms with Crippen LogP contribution in [0.4, 0.5) is 0 Å². The Labute approximate surface area is 115 Å². The largest absolute Gasteiger partial charge is 0.464 e. The molecule has 19 heavy (non-hydrogen) atoms. The molecule has 0 aliphatic rings. The second-order valence-electron chi connectivity index (χ2n) is 5.22. The summed E-state index contributed by atoms with van der Waals surface area (Å²) in [6, 6.07) is 12.6. The van der Waals surface area contributed by atoms with E-state index in [2.05, 4.69) is 43.1 Å². The molecule has 0 fully saturated rings. The van der Waals surface area contributed by atoms with E-state index in [-0.39, 0.29) is 6.04 Å². The van der Waals surface area contributed by atoms with Crippen molar-refractivity contribution in [2.24, 2.45) is 4.99 Å². The van der Waals surface area contributed by atoms with Crippen LogP contribution in [0.25, 0.3) is 0 Å². The number of hydrogen-bond donors (Lipinski definition) is 0. The van der Waals surface area contributed by atoms with Crippen molar-refractivity contribution in [2.75, 3.05) is 0 Å². The Morgan fingerprint density at radius 1 is 1.00 bits per heavy atom. The third-order valence-electron chi connectivity index (χ3n) is 3.22. The van der Waals surface area contributed by atoms with Crippen LogP contribution in [-0.2, 0) is 0 Å². The van der Waals surface area contributed by atoms with Gasteiger partial charge in [-0.2, -0.15) is 0 Å². The lowest BCUT2D eigenvalue weighted by atomic mass is 10.0. The number of nitrogens with zero attached hydrogens (tertiary/aromatic N) is 1. The molecule has 1 aromatic heterocycles. The van der Waals surface area contributed by atoms with E-state index in [1.807, 2.05) is 32.2 Å². The van der Waals surface area contributed by atoms with Crippen LogP contribution in [0.3, 0.4) is 0 Å². The predicted molar refractivity (Wildman–Crippen MR) is 80.0 cm³/mol.